The van der Waals surface area contributed by atoms with E-state index < -0.39 is 0 Å². The third kappa shape index (κ3) is 4.40. The summed E-state index contributed by atoms with van der Waals surface area (Å²) in [5, 5.41) is 2.94. The number of amides is 1. The molecule has 2 aromatic rings. The number of hydrogen-bond acceptors (Lipinski definition) is 4. The van der Waals surface area contributed by atoms with E-state index in [1.54, 1.807) is 12.1 Å². The van der Waals surface area contributed by atoms with Crippen molar-refractivity contribution in [3.05, 3.63) is 46.2 Å². The second-order valence-corrected chi connectivity index (χ2v) is 6.30. The second kappa shape index (κ2) is 8.04. The average molecular weight is 404 g/mol. The minimum absolute atomic E-state index is 0. The van der Waals surface area contributed by atoms with Crippen LogP contribution < -0.4 is 5.32 Å². The van der Waals surface area contributed by atoms with Crippen LogP contribution in [0.2, 0.25) is 0 Å². The predicted octanol–water partition coefficient (Wildman–Crippen LogP) is 3.93. The van der Waals surface area contributed by atoms with Gasteiger partial charge in [-0.2, -0.15) is 0 Å². The number of furan rings is 2. The van der Waals surface area contributed by atoms with E-state index >= 15 is 0 Å². The van der Waals surface area contributed by atoms with E-state index in [2.05, 4.69) is 26.1 Å². The number of likely N-dealkylation sites (tertiary alicyclic amines) is 1. The van der Waals surface area contributed by atoms with Gasteiger partial charge in [-0.05, 0) is 73.1 Å². The molecule has 23 heavy (non-hydrogen) atoms. The van der Waals surface area contributed by atoms with Gasteiger partial charge in [-0.15, -0.1) is 12.4 Å². The van der Waals surface area contributed by atoms with E-state index in [4.69, 9.17) is 8.83 Å². The maximum atomic E-state index is 12.1. The maximum absolute atomic E-state index is 12.1. The molecule has 0 saturated carbocycles. The number of nitrogens with zero attached hydrogens (tertiary/aromatic N) is 1. The molecule has 126 valence electrons. The molecule has 1 aliphatic rings. The number of carbonyl (C=O) groups excluding carboxylic acids is 1. The molecule has 7 heteroatoms. The highest BCUT2D eigenvalue weighted by atomic mass is 79.9. The van der Waals surface area contributed by atoms with Crippen LogP contribution in [0, 0.1) is 6.92 Å². The van der Waals surface area contributed by atoms with E-state index in [1.807, 2.05) is 19.1 Å². The van der Waals surface area contributed by atoms with Crippen LogP contribution in [0.3, 0.4) is 0 Å². The summed E-state index contributed by atoms with van der Waals surface area (Å²) in [4.78, 5) is 14.5. The van der Waals surface area contributed by atoms with Crippen molar-refractivity contribution in [2.24, 2.45) is 0 Å². The van der Waals surface area contributed by atoms with Crippen molar-refractivity contribution in [3.8, 4) is 0 Å². The van der Waals surface area contributed by atoms with Crippen LogP contribution in [-0.2, 0) is 0 Å². The highest BCUT2D eigenvalue weighted by molar-refractivity contribution is 9.10. The summed E-state index contributed by atoms with van der Waals surface area (Å²) in [6, 6.07) is 7.39. The molecule has 1 unspecified atom stereocenters. The summed E-state index contributed by atoms with van der Waals surface area (Å²) in [5.74, 6) is 1.89. The number of aryl methyl sites for hydroxylation is 1. The Labute approximate surface area is 149 Å². The lowest BCUT2D eigenvalue weighted by molar-refractivity contribution is 0.0904. The molecule has 2 aromatic heterocycles. The van der Waals surface area contributed by atoms with E-state index in [9.17, 15) is 4.79 Å². The predicted molar refractivity (Wildman–Crippen MR) is 93.0 cm³/mol. The zero-order valence-electron chi connectivity index (χ0n) is 12.9. The molecule has 1 saturated heterocycles. The molecule has 1 N–H and O–H groups in total. The molecule has 0 aliphatic carbocycles. The molecule has 1 fully saturated rings. The number of carbonyl (C=O) groups is 1. The van der Waals surface area contributed by atoms with Crippen LogP contribution in [0.4, 0.5) is 0 Å². The lowest BCUT2D eigenvalue weighted by Crippen LogP contribution is -2.36. The number of halogens is 2. The average Bonchev–Trinajstić information content (AvgIpc) is 3.21. The van der Waals surface area contributed by atoms with E-state index in [-0.39, 0.29) is 24.4 Å². The van der Waals surface area contributed by atoms with Crippen LogP contribution in [0.5, 0.6) is 0 Å². The molecule has 1 amide bonds. The Morgan fingerprint density at radius 2 is 2.00 bits per heavy atom. The second-order valence-electron chi connectivity index (χ2n) is 5.52. The van der Waals surface area contributed by atoms with Crippen LogP contribution in [-0.4, -0.2) is 30.4 Å². The minimum atomic E-state index is -0.210. The van der Waals surface area contributed by atoms with Gasteiger partial charge in [-0.25, -0.2) is 0 Å². The Morgan fingerprint density at radius 3 is 2.57 bits per heavy atom. The fourth-order valence-electron chi connectivity index (χ4n) is 2.81. The van der Waals surface area contributed by atoms with Gasteiger partial charge < -0.3 is 14.2 Å². The van der Waals surface area contributed by atoms with E-state index in [1.165, 1.54) is 12.8 Å². The van der Waals surface area contributed by atoms with Crippen molar-refractivity contribution >= 4 is 34.2 Å². The Morgan fingerprint density at radius 1 is 1.26 bits per heavy atom. The van der Waals surface area contributed by atoms with Crippen molar-refractivity contribution in [2.75, 3.05) is 19.6 Å². The molecule has 0 spiro atoms. The van der Waals surface area contributed by atoms with Gasteiger partial charge in [0.1, 0.15) is 11.5 Å². The van der Waals surface area contributed by atoms with Gasteiger partial charge >= 0.3 is 0 Å². The van der Waals surface area contributed by atoms with Crippen LogP contribution in [0.15, 0.2) is 37.8 Å². The summed E-state index contributed by atoms with van der Waals surface area (Å²) >= 11 is 3.20. The normalized spacial score (nSPS) is 16.1. The fourth-order valence-corrected chi connectivity index (χ4v) is 3.11. The van der Waals surface area contributed by atoms with Crippen molar-refractivity contribution in [1.82, 2.24) is 10.2 Å². The van der Waals surface area contributed by atoms with Crippen LogP contribution in [0.25, 0.3) is 0 Å². The van der Waals surface area contributed by atoms with Gasteiger partial charge in [0.2, 0.25) is 0 Å². The fraction of sp³-hybridized carbons (Fsp3) is 0.438. The number of nitrogens with one attached hydrogen (secondary N) is 1. The zero-order valence-corrected chi connectivity index (χ0v) is 15.3. The van der Waals surface area contributed by atoms with Crippen molar-refractivity contribution < 1.29 is 13.6 Å². The first-order chi connectivity index (χ1) is 10.6. The summed E-state index contributed by atoms with van der Waals surface area (Å²) in [6.07, 6.45) is 2.38. The van der Waals surface area contributed by atoms with Gasteiger partial charge in [0, 0.05) is 6.54 Å². The molecule has 1 aliphatic heterocycles. The standard InChI is InChI=1S/C16H19BrN2O3.ClH/c1-11-4-5-13(21-11)12(19-8-2-3-9-19)10-18-16(20)14-6-7-15(17)22-14;/h4-7,12H,2-3,8-10H2,1H3,(H,18,20);1H. The third-order valence-electron chi connectivity index (χ3n) is 3.92. The SMILES string of the molecule is Cc1ccc(C(CNC(=O)c2ccc(Br)o2)N2CCCC2)o1.Cl. The Bertz CT molecular complexity index is 649. The van der Waals surface area contributed by atoms with Crippen LogP contribution >= 0.6 is 28.3 Å². The highest BCUT2D eigenvalue weighted by Gasteiger charge is 2.26. The summed E-state index contributed by atoms with van der Waals surface area (Å²) in [5.41, 5.74) is 0. The van der Waals surface area contributed by atoms with Crippen LogP contribution in [0.1, 0.15) is 41.0 Å². The molecule has 3 rings (SSSR count). The maximum Gasteiger partial charge on any atom is 0.287 e. The smallest absolute Gasteiger partial charge is 0.287 e. The van der Waals surface area contributed by atoms with E-state index in [0.717, 1.165) is 24.6 Å². The lowest BCUT2D eigenvalue weighted by Gasteiger charge is -2.25. The molecular weight excluding hydrogens is 384 g/mol. The zero-order chi connectivity index (χ0) is 15.5. The summed E-state index contributed by atoms with van der Waals surface area (Å²) in [6.45, 7) is 4.51. The van der Waals surface area contributed by atoms with Gasteiger partial charge in [0.05, 0.1) is 6.04 Å². The molecule has 3 heterocycles. The first-order valence-electron chi connectivity index (χ1n) is 7.47. The minimum Gasteiger partial charge on any atom is -0.465 e. The third-order valence-corrected chi connectivity index (χ3v) is 4.35. The summed E-state index contributed by atoms with van der Waals surface area (Å²) < 4.78 is 11.6. The molecule has 0 bridgehead atoms. The van der Waals surface area contributed by atoms with Crippen molar-refractivity contribution in [3.63, 3.8) is 0 Å². The molecule has 0 aromatic carbocycles. The lowest BCUT2D eigenvalue weighted by atomic mass is 10.2. The van der Waals surface area contributed by atoms with Gasteiger partial charge in [-0.1, -0.05) is 0 Å². The number of rotatable bonds is 5. The first-order valence-corrected chi connectivity index (χ1v) is 8.27. The molecule has 0 radical (unpaired) electrons. The van der Waals surface area contributed by atoms with Gasteiger partial charge in [0.25, 0.3) is 5.91 Å². The van der Waals surface area contributed by atoms with Gasteiger partial charge in [0.15, 0.2) is 10.4 Å². The van der Waals surface area contributed by atoms with Gasteiger partial charge in [-0.3, -0.25) is 9.69 Å². The monoisotopic (exact) mass is 402 g/mol. The van der Waals surface area contributed by atoms with Crippen molar-refractivity contribution in [1.29, 1.82) is 0 Å². The Balaban J connectivity index is 0.00000192. The van der Waals surface area contributed by atoms with E-state index in [0.29, 0.717) is 17.0 Å². The quantitative estimate of drug-likeness (QED) is 0.822. The first kappa shape index (κ1) is 18.1. The largest absolute Gasteiger partial charge is 0.465 e. The Hall–Kier alpha value is -1.24. The van der Waals surface area contributed by atoms with Crippen molar-refractivity contribution in [2.45, 2.75) is 25.8 Å². The Kier molecular flexibility index (Phi) is 6.33. The highest BCUT2D eigenvalue weighted by Crippen LogP contribution is 2.26. The molecular formula is C16H20BrClN2O3. The molecule has 5 nitrogen and oxygen atoms in total. The summed E-state index contributed by atoms with van der Waals surface area (Å²) in [7, 11) is 0. The number of hydrogen-bond donors (Lipinski definition) is 1. The molecule has 1 atom stereocenters. The topological polar surface area (TPSA) is 58.6 Å².